The Morgan fingerprint density at radius 2 is 2.05 bits per heavy atom. The van der Waals surface area contributed by atoms with Gasteiger partial charge in [-0.3, -0.25) is 4.68 Å². The number of nitrogens with zero attached hydrogens (tertiary/aromatic N) is 2. The van der Waals surface area contributed by atoms with Crippen LogP contribution in [0.15, 0.2) is 30.5 Å². The van der Waals surface area contributed by atoms with Gasteiger partial charge in [-0.1, -0.05) is 12.8 Å². The predicted octanol–water partition coefficient (Wildman–Crippen LogP) is 3.17. The molecule has 0 saturated heterocycles. The number of benzene rings is 1. The lowest BCUT2D eigenvalue weighted by Gasteiger charge is -2.11. The molecule has 2 N–H and O–H groups in total. The molecule has 5 nitrogen and oxygen atoms in total. The monoisotopic (exact) mass is 287 g/mol. The summed E-state index contributed by atoms with van der Waals surface area (Å²) < 4.78 is 13.1. The van der Waals surface area contributed by atoms with Crippen LogP contribution in [0.3, 0.4) is 0 Å². The molecule has 3 rings (SSSR count). The molecule has 1 aromatic carbocycles. The van der Waals surface area contributed by atoms with Crippen LogP contribution < -0.4 is 15.2 Å². The Morgan fingerprint density at radius 3 is 2.81 bits per heavy atom. The lowest BCUT2D eigenvalue weighted by atomic mass is 10.3. The Morgan fingerprint density at radius 1 is 1.24 bits per heavy atom. The van der Waals surface area contributed by atoms with Crippen molar-refractivity contribution in [3.8, 4) is 11.5 Å². The molecule has 112 valence electrons. The number of nitrogen functional groups attached to an aromatic ring is 1. The third kappa shape index (κ3) is 3.12. The number of hydrogen-bond acceptors (Lipinski definition) is 4. The molecule has 1 aliphatic rings. The van der Waals surface area contributed by atoms with E-state index < -0.39 is 0 Å². The highest BCUT2D eigenvalue weighted by atomic mass is 16.5. The van der Waals surface area contributed by atoms with Crippen molar-refractivity contribution in [2.24, 2.45) is 0 Å². The molecular formula is C16H21N3O2. The van der Waals surface area contributed by atoms with E-state index in [2.05, 4.69) is 16.0 Å². The number of methoxy groups -OCH3 is 1. The SMILES string of the molecule is COc1cc(N)ccc1OCc1ccn(C2CCCC2)n1. The van der Waals surface area contributed by atoms with Crippen molar-refractivity contribution in [3.05, 3.63) is 36.2 Å². The van der Waals surface area contributed by atoms with Crippen LogP contribution in [0.25, 0.3) is 0 Å². The van der Waals surface area contributed by atoms with Crippen LogP contribution in [0.4, 0.5) is 5.69 Å². The highest BCUT2D eigenvalue weighted by Crippen LogP contribution is 2.30. The van der Waals surface area contributed by atoms with Crippen LogP contribution in [-0.4, -0.2) is 16.9 Å². The lowest BCUT2D eigenvalue weighted by molar-refractivity contribution is 0.278. The Kier molecular flexibility index (Phi) is 3.99. The van der Waals surface area contributed by atoms with Crippen LogP contribution in [0.5, 0.6) is 11.5 Å². The highest BCUT2D eigenvalue weighted by Gasteiger charge is 2.17. The molecule has 1 aromatic heterocycles. The number of nitrogens with two attached hydrogens (primary N) is 1. The summed E-state index contributed by atoms with van der Waals surface area (Å²) in [5.41, 5.74) is 7.32. The van der Waals surface area contributed by atoms with Gasteiger partial charge in [-0.15, -0.1) is 0 Å². The van der Waals surface area contributed by atoms with Gasteiger partial charge in [0.25, 0.3) is 0 Å². The van der Waals surface area contributed by atoms with Crippen LogP contribution in [0.1, 0.15) is 37.4 Å². The van der Waals surface area contributed by atoms with E-state index in [0.29, 0.717) is 29.8 Å². The first kappa shape index (κ1) is 13.8. The van der Waals surface area contributed by atoms with Crippen molar-refractivity contribution in [1.29, 1.82) is 0 Å². The highest BCUT2D eigenvalue weighted by molar-refractivity contribution is 5.51. The third-order valence-corrected chi connectivity index (χ3v) is 3.93. The molecule has 0 amide bonds. The van der Waals surface area contributed by atoms with Crippen molar-refractivity contribution in [2.75, 3.05) is 12.8 Å². The maximum atomic E-state index is 5.79. The van der Waals surface area contributed by atoms with Gasteiger partial charge in [0.15, 0.2) is 11.5 Å². The molecule has 0 atom stereocenters. The van der Waals surface area contributed by atoms with E-state index in [-0.39, 0.29) is 0 Å². The summed E-state index contributed by atoms with van der Waals surface area (Å²) in [6, 6.07) is 7.95. The summed E-state index contributed by atoms with van der Waals surface area (Å²) >= 11 is 0. The zero-order chi connectivity index (χ0) is 14.7. The number of aromatic nitrogens is 2. The van der Waals surface area contributed by atoms with Crippen LogP contribution in [0, 0.1) is 0 Å². The van der Waals surface area contributed by atoms with Crippen LogP contribution in [0.2, 0.25) is 0 Å². The van der Waals surface area contributed by atoms with Crippen molar-refractivity contribution < 1.29 is 9.47 Å². The number of rotatable bonds is 5. The Bertz CT molecular complexity index is 603. The third-order valence-electron chi connectivity index (χ3n) is 3.93. The molecule has 0 unspecified atom stereocenters. The van der Waals surface area contributed by atoms with E-state index in [1.54, 1.807) is 19.2 Å². The van der Waals surface area contributed by atoms with Gasteiger partial charge in [-0.05, 0) is 31.0 Å². The number of anilines is 1. The lowest BCUT2D eigenvalue weighted by Crippen LogP contribution is -2.06. The van der Waals surface area contributed by atoms with Gasteiger partial charge < -0.3 is 15.2 Å². The van der Waals surface area contributed by atoms with Gasteiger partial charge in [0, 0.05) is 18.0 Å². The summed E-state index contributed by atoms with van der Waals surface area (Å²) in [5, 5.41) is 4.61. The van der Waals surface area contributed by atoms with E-state index in [1.165, 1.54) is 25.7 Å². The fourth-order valence-electron chi connectivity index (χ4n) is 2.78. The molecule has 0 radical (unpaired) electrons. The first-order valence-electron chi connectivity index (χ1n) is 7.36. The number of ether oxygens (including phenoxy) is 2. The average Bonchev–Trinajstić information content (AvgIpc) is 3.16. The molecule has 21 heavy (non-hydrogen) atoms. The summed E-state index contributed by atoms with van der Waals surface area (Å²) in [4.78, 5) is 0. The minimum absolute atomic E-state index is 0.431. The molecule has 0 spiro atoms. The molecule has 1 fully saturated rings. The largest absolute Gasteiger partial charge is 0.493 e. The Labute approximate surface area is 124 Å². The smallest absolute Gasteiger partial charge is 0.162 e. The molecule has 2 aromatic rings. The van der Waals surface area contributed by atoms with Crippen molar-refractivity contribution in [2.45, 2.75) is 38.3 Å². The standard InChI is InChI=1S/C16H21N3O2/c1-20-16-10-12(17)6-7-15(16)21-11-13-8-9-19(18-13)14-4-2-3-5-14/h6-10,14H,2-5,11,17H2,1H3. The van der Waals surface area contributed by atoms with E-state index in [4.69, 9.17) is 15.2 Å². The topological polar surface area (TPSA) is 62.3 Å². The minimum Gasteiger partial charge on any atom is -0.493 e. The molecule has 0 bridgehead atoms. The Balaban J connectivity index is 1.65. The van der Waals surface area contributed by atoms with Gasteiger partial charge in [0.2, 0.25) is 0 Å². The fraction of sp³-hybridized carbons (Fsp3) is 0.438. The molecule has 5 heteroatoms. The minimum atomic E-state index is 0.431. The normalized spacial score (nSPS) is 15.3. The van der Waals surface area contributed by atoms with E-state index in [9.17, 15) is 0 Å². The fourth-order valence-corrected chi connectivity index (χ4v) is 2.78. The van der Waals surface area contributed by atoms with Crippen LogP contribution >= 0.6 is 0 Å². The summed E-state index contributed by atoms with van der Waals surface area (Å²) in [7, 11) is 1.61. The predicted molar refractivity (Wildman–Crippen MR) is 81.5 cm³/mol. The molecular weight excluding hydrogens is 266 g/mol. The van der Waals surface area contributed by atoms with Crippen molar-refractivity contribution in [3.63, 3.8) is 0 Å². The van der Waals surface area contributed by atoms with Gasteiger partial charge in [-0.2, -0.15) is 5.10 Å². The second-order valence-electron chi connectivity index (χ2n) is 5.42. The van der Waals surface area contributed by atoms with E-state index >= 15 is 0 Å². The molecule has 1 heterocycles. The molecule has 1 saturated carbocycles. The maximum Gasteiger partial charge on any atom is 0.162 e. The molecule has 0 aliphatic heterocycles. The second kappa shape index (κ2) is 6.08. The zero-order valence-electron chi connectivity index (χ0n) is 12.3. The summed E-state index contributed by atoms with van der Waals surface area (Å²) in [5.74, 6) is 1.33. The first-order chi connectivity index (χ1) is 10.3. The quantitative estimate of drug-likeness (QED) is 0.858. The van der Waals surface area contributed by atoms with Gasteiger partial charge >= 0.3 is 0 Å². The zero-order valence-corrected chi connectivity index (χ0v) is 12.3. The molecule has 1 aliphatic carbocycles. The van der Waals surface area contributed by atoms with Crippen molar-refractivity contribution >= 4 is 5.69 Å². The maximum absolute atomic E-state index is 5.79. The van der Waals surface area contributed by atoms with E-state index in [0.717, 1.165) is 5.69 Å². The summed E-state index contributed by atoms with van der Waals surface area (Å²) in [6.07, 6.45) is 7.12. The second-order valence-corrected chi connectivity index (χ2v) is 5.42. The average molecular weight is 287 g/mol. The van der Waals surface area contributed by atoms with Gasteiger partial charge in [-0.25, -0.2) is 0 Å². The van der Waals surface area contributed by atoms with Crippen molar-refractivity contribution in [1.82, 2.24) is 9.78 Å². The number of hydrogen-bond donors (Lipinski definition) is 1. The Hall–Kier alpha value is -2.17. The summed E-state index contributed by atoms with van der Waals surface area (Å²) in [6.45, 7) is 0.431. The van der Waals surface area contributed by atoms with Crippen LogP contribution in [-0.2, 0) is 6.61 Å². The van der Waals surface area contributed by atoms with E-state index in [1.807, 2.05) is 12.1 Å². The van der Waals surface area contributed by atoms with Gasteiger partial charge in [0.1, 0.15) is 6.61 Å². The van der Waals surface area contributed by atoms with Gasteiger partial charge in [0.05, 0.1) is 18.8 Å². The first-order valence-corrected chi connectivity index (χ1v) is 7.36.